The van der Waals surface area contributed by atoms with Crippen LogP contribution in [0.4, 0.5) is 5.13 Å². The highest BCUT2D eigenvalue weighted by atomic mass is 32.1. The Morgan fingerprint density at radius 1 is 1.00 bits per heavy atom. The third kappa shape index (κ3) is 2.64. The van der Waals surface area contributed by atoms with Gasteiger partial charge in [0.2, 0.25) is 5.13 Å². The fourth-order valence-corrected chi connectivity index (χ4v) is 4.03. The van der Waals surface area contributed by atoms with Crippen LogP contribution in [0.1, 0.15) is 15.4 Å². The van der Waals surface area contributed by atoms with E-state index in [4.69, 9.17) is 0 Å². The molecule has 0 fully saturated rings. The van der Waals surface area contributed by atoms with Crippen LogP contribution >= 0.6 is 22.7 Å². The molecule has 7 heteroatoms. The fourth-order valence-electron chi connectivity index (χ4n) is 2.27. The summed E-state index contributed by atoms with van der Waals surface area (Å²) in [5, 5.41) is 1.08. The Hall–Kier alpha value is -2.51. The number of aryl methyl sites for hydroxylation is 1. The van der Waals surface area contributed by atoms with E-state index in [0.29, 0.717) is 10.1 Å². The van der Waals surface area contributed by atoms with Gasteiger partial charge in [-0.3, -0.25) is 15.6 Å². The van der Waals surface area contributed by atoms with Crippen molar-refractivity contribution in [1.29, 1.82) is 0 Å². The molecule has 2 N–H and O–H groups in total. The van der Waals surface area contributed by atoms with Crippen LogP contribution in [-0.4, -0.2) is 15.9 Å². The molecule has 5 nitrogen and oxygen atoms in total. The molecular weight excluding hydrogens is 328 g/mol. The molecule has 23 heavy (non-hydrogen) atoms. The van der Waals surface area contributed by atoms with Crippen molar-refractivity contribution in [1.82, 2.24) is 15.4 Å². The minimum atomic E-state index is -0.262. The number of thiazole rings is 2. The SMILES string of the molecule is Cc1cccc2sc(NNC(=O)c3nc4ccccc4s3)nc12. The van der Waals surface area contributed by atoms with Gasteiger partial charge in [-0.1, -0.05) is 35.6 Å². The second-order valence-electron chi connectivity index (χ2n) is 5.01. The van der Waals surface area contributed by atoms with Crippen LogP contribution in [-0.2, 0) is 0 Å². The largest absolute Gasteiger partial charge is 0.298 e. The maximum Gasteiger partial charge on any atom is 0.298 e. The molecule has 0 unspecified atom stereocenters. The number of hydrogen-bond acceptors (Lipinski definition) is 6. The molecule has 2 aromatic heterocycles. The summed E-state index contributed by atoms with van der Waals surface area (Å²) in [5.74, 6) is -0.262. The maximum atomic E-state index is 12.2. The number of hydrazine groups is 1. The van der Waals surface area contributed by atoms with Gasteiger partial charge < -0.3 is 0 Å². The molecule has 0 aliphatic carbocycles. The van der Waals surface area contributed by atoms with Gasteiger partial charge in [-0.2, -0.15) is 0 Å². The van der Waals surface area contributed by atoms with Crippen LogP contribution in [0.5, 0.6) is 0 Å². The Kier molecular flexibility index (Phi) is 3.44. The van der Waals surface area contributed by atoms with Gasteiger partial charge in [0.05, 0.1) is 20.4 Å². The number of para-hydroxylation sites is 2. The van der Waals surface area contributed by atoms with Crippen molar-refractivity contribution in [3.05, 3.63) is 53.0 Å². The number of rotatable bonds is 3. The van der Waals surface area contributed by atoms with E-state index in [1.54, 1.807) is 0 Å². The number of benzene rings is 2. The zero-order valence-electron chi connectivity index (χ0n) is 12.2. The number of nitrogens with zero attached hydrogens (tertiary/aromatic N) is 2. The molecule has 2 aromatic carbocycles. The molecule has 0 radical (unpaired) electrons. The summed E-state index contributed by atoms with van der Waals surface area (Å²) in [4.78, 5) is 21.0. The van der Waals surface area contributed by atoms with Crippen molar-refractivity contribution >= 4 is 54.1 Å². The highest BCUT2D eigenvalue weighted by Gasteiger charge is 2.12. The maximum absolute atomic E-state index is 12.2. The minimum absolute atomic E-state index is 0.262. The monoisotopic (exact) mass is 340 g/mol. The Labute approximate surface area is 140 Å². The average molecular weight is 340 g/mol. The first-order valence-electron chi connectivity index (χ1n) is 6.99. The van der Waals surface area contributed by atoms with Crippen LogP contribution in [0.2, 0.25) is 0 Å². The van der Waals surface area contributed by atoms with Crippen LogP contribution in [0.25, 0.3) is 20.4 Å². The van der Waals surface area contributed by atoms with E-state index in [9.17, 15) is 4.79 Å². The van der Waals surface area contributed by atoms with E-state index >= 15 is 0 Å². The van der Waals surface area contributed by atoms with Crippen molar-refractivity contribution in [3.63, 3.8) is 0 Å². The molecular formula is C16H12N4OS2. The highest BCUT2D eigenvalue weighted by Crippen LogP contribution is 2.27. The molecule has 0 aliphatic heterocycles. The number of carbonyl (C=O) groups is 1. The first kappa shape index (κ1) is 14.1. The number of nitrogens with one attached hydrogen (secondary N) is 2. The molecule has 0 aliphatic rings. The molecule has 2 heterocycles. The van der Waals surface area contributed by atoms with E-state index in [1.165, 1.54) is 22.7 Å². The topological polar surface area (TPSA) is 66.9 Å². The normalized spacial score (nSPS) is 11.0. The van der Waals surface area contributed by atoms with Crippen molar-refractivity contribution in [3.8, 4) is 0 Å². The second-order valence-corrected chi connectivity index (χ2v) is 7.07. The first-order valence-corrected chi connectivity index (χ1v) is 8.62. The Bertz CT molecular complexity index is 988. The summed E-state index contributed by atoms with van der Waals surface area (Å²) in [5.41, 5.74) is 8.44. The van der Waals surface area contributed by atoms with Crippen LogP contribution in [0.3, 0.4) is 0 Å². The lowest BCUT2D eigenvalue weighted by molar-refractivity contribution is 0.0962. The van der Waals surface area contributed by atoms with Gasteiger partial charge in [-0.05, 0) is 30.7 Å². The number of carbonyl (C=O) groups excluding carboxylic acids is 1. The lowest BCUT2D eigenvalue weighted by atomic mass is 10.2. The minimum Gasteiger partial charge on any atom is -0.273 e. The van der Waals surface area contributed by atoms with Crippen molar-refractivity contribution in [2.75, 3.05) is 5.43 Å². The van der Waals surface area contributed by atoms with Crippen molar-refractivity contribution < 1.29 is 4.79 Å². The van der Waals surface area contributed by atoms with Gasteiger partial charge in [-0.15, -0.1) is 11.3 Å². The van der Waals surface area contributed by atoms with Crippen LogP contribution in [0, 0.1) is 6.92 Å². The average Bonchev–Trinajstić information content (AvgIpc) is 3.17. The molecule has 4 rings (SSSR count). The second kappa shape index (κ2) is 5.60. The molecule has 114 valence electrons. The van der Waals surface area contributed by atoms with Crippen molar-refractivity contribution in [2.45, 2.75) is 6.92 Å². The summed E-state index contributed by atoms with van der Waals surface area (Å²) in [7, 11) is 0. The molecule has 0 bridgehead atoms. The standard InChI is InChI=1S/C16H12N4OS2/c1-9-5-4-8-12-13(9)18-16(23-12)20-19-14(21)15-17-10-6-2-3-7-11(10)22-15/h2-8H,1H3,(H,18,20)(H,19,21). The fraction of sp³-hybridized carbons (Fsp3) is 0.0625. The number of fused-ring (bicyclic) bond motifs is 2. The highest BCUT2D eigenvalue weighted by molar-refractivity contribution is 7.22. The summed E-state index contributed by atoms with van der Waals surface area (Å²) < 4.78 is 2.08. The van der Waals surface area contributed by atoms with E-state index in [1.807, 2.05) is 49.4 Å². The van der Waals surface area contributed by atoms with Gasteiger partial charge in [0.1, 0.15) is 0 Å². The zero-order valence-corrected chi connectivity index (χ0v) is 13.8. The lowest BCUT2D eigenvalue weighted by Gasteiger charge is -2.02. The van der Waals surface area contributed by atoms with E-state index in [0.717, 1.165) is 26.0 Å². The van der Waals surface area contributed by atoms with Gasteiger partial charge >= 0.3 is 0 Å². The third-order valence-corrected chi connectivity index (χ3v) is 5.36. The quantitative estimate of drug-likeness (QED) is 0.554. The van der Waals surface area contributed by atoms with Gasteiger partial charge in [0.15, 0.2) is 5.01 Å². The van der Waals surface area contributed by atoms with E-state index in [2.05, 4.69) is 20.8 Å². The molecule has 0 spiro atoms. The number of aromatic nitrogens is 2. The first-order chi connectivity index (χ1) is 11.2. The summed E-state index contributed by atoms with van der Waals surface area (Å²) in [6.45, 7) is 2.02. The Morgan fingerprint density at radius 3 is 2.65 bits per heavy atom. The smallest absolute Gasteiger partial charge is 0.273 e. The van der Waals surface area contributed by atoms with E-state index in [-0.39, 0.29) is 5.91 Å². The molecule has 0 saturated carbocycles. The Balaban J connectivity index is 1.53. The summed E-state index contributed by atoms with van der Waals surface area (Å²) >= 11 is 2.87. The predicted molar refractivity (Wildman–Crippen MR) is 95.1 cm³/mol. The molecule has 0 atom stereocenters. The van der Waals surface area contributed by atoms with Crippen LogP contribution < -0.4 is 10.9 Å². The predicted octanol–water partition coefficient (Wildman–Crippen LogP) is 3.97. The lowest BCUT2D eigenvalue weighted by Crippen LogP contribution is -2.29. The van der Waals surface area contributed by atoms with Crippen molar-refractivity contribution in [2.24, 2.45) is 0 Å². The van der Waals surface area contributed by atoms with E-state index < -0.39 is 0 Å². The summed E-state index contributed by atoms with van der Waals surface area (Å²) in [6, 6.07) is 13.7. The Morgan fingerprint density at radius 2 is 1.83 bits per heavy atom. The molecule has 4 aromatic rings. The number of hydrogen-bond donors (Lipinski definition) is 2. The summed E-state index contributed by atoms with van der Waals surface area (Å²) in [6.07, 6.45) is 0. The van der Waals surface area contributed by atoms with Crippen LogP contribution in [0.15, 0.2) is 42.5 Å². The van der Waals surface area contributed by atoms with Gasteiger partial charge in [-0.25, -0.2) is 9.97 Å². The molecule has 1 amide bonds. The number of amides is 1. The number of anilines is 1. The van der Waals surface area contributed by atoms with Gasteiger partial charge in [0, 0.05) is 0 Å². The molecule has 0 saturated heterocycles. The zero-order chi connectivity index (χ0) is 15.8. The van der Waals surface area contributed by atoms with Gasteiger partial charge in [0.25, 0.3) is 5.91 Å². The third-order valence-electron chi connectivity index (χ3n) is 3.39.